The summed E-state index contributed by atoms with van der Waals surface area (Å²) in [6.07, 6.45) is 2.61. The van der Waals surface area contributed by atoms with Crippen LogP contribution in [0.25, 0.3) is 0 Å². The summed E-state index contributed by atoms with van der Waals surface area (Å²) in [5.74, 6) is -2.46. The van der Waals surface area contributed by atoms with Crippen molar-refractivity contribution in [3.05, 3.63) is 48.6 Å². The first-order valence-electron chi connectivity index (χ1n) is 9.06. The fourth-order valence-corrected chi connectivity index (χ4v) is 3.84. The average Bonchev–Trinajstić information content (AvgIpc) is 3.02. The summed E-state index contributed by atoms with van der Waals surface area (Å²) in [6.45, 7) is 9.51. The van der Waals surface area contributed by atoms with Crippen LogP contribution < -0.4 is 0 Å². The predicted molar refractivity (Wildman–Crippen MR) is 99.5 cm³/mol. The van der Waals surface area contributed by atoms with Crippen molar-refractivity contribution in [2.45, 2.75) is 45.6 Å². The summed E-state index contributed by atoms with van der Waals surface area (Å²) in [4.78, 5) is 38.4. The van der Waals surface area contributed by atoms with Gasteiger partial charge in [0, 0.05) is 11.8 Å². The lowest BCUT2D eigenvalue weighted by molar-refractivity contribution is -0.849. The number of hydrogen-bond acceptors (Lipinski definition) is 3. The van der Waals surface area contributed by atoms with Crippen LogP contribution in [-0.4, -0.2) is 46.4 Å². The van der Waals surface area contributed by atoms with Crippen LogP contribution in [-0.2, 0) is 14.4 Å². The molecule has 1 aromatic rings. The number of carbonyl (C=O) groups is 3. The number of carboxylic acid groups (broad SMARTS) is 1. The zero-order valence-corrected chi connectivity index (χ0v) is 15.8. The minimum atomic E-state index is -1.05. The van der Waals surface area contributed by atoms with Crippen molar-refractivity contribution in [3.8, 4) is 0 Å². The Bertz CT molecular complexity index is 710. The standard InChI is InChI=1S/C21H27NO4/c1-5-13-22(19(24)18(23)21(3,4)6-2)14-12-16(17(22)20(25)26)15-10-8-7-9-11-15/h5,7-11,16-17H,1,6,12-14H2,2-4H3/p+1/t16?,17-,22?/m0/s1. The molecule has 0 saturated carbocycles. The van der Waals surface area contributed by atoms with E-state index in [0.717, 1.165) is 5.56 Å². The largest absolute Gasteiger partial charge is 0.477 e. The lowest BCUT2D eigenvalue weighted by Crippen LogP contribution is -2.63. The molecule has 1 aliphatic heterocycles. The van der Waals surface area contributed by atoms with E-state index in [1.165, 1.54) is 0 Å². The van der Waals surface area contributed by atoms with Crippen molar-refractivity contribution in [2.75, 3.05) is 13.1 Å². The Morgan fingerprint density at radius 3 is 2.38 bits per heavy atom. The van der Waals surface area contributed by atoms with E-state index in [0.29, 0.717) is 19.4 Å². The number of carboxylic acids is 1. The van der Waals surface area contributed by atoms with Crippen molar-refractivity contribution in [3.63, 3.8) is 0 Å². The molecule has 1 aromatic carbocycles. The second-order valence-electron chi connectivity index (χ2n) is 7.69. The van der Waals surface area contributed by atoms with Gasteiger partial charge in [0.2, 0.25) is 6.04 Å². The minimum Gasteiger partial charge on any atom is -0.477 e. The van der Waals surface area contributed by atoms with E-state index in [9.17, 15) is 19.5 Å². The van der Waals surface area contributed by atoms with E-state index in [1.807, 2.05) is 37.3 Å². The van der Waals surface area contributed by atoms with Gasteiger partial charge in [-0.2, -0.15) is 0 Å². The summed E-state index contributed by atoms with van der Waals surface area (Å²) < 4.78 is -0.374. The molecule has 0 bridgehead atoms. The topological polar surface area (TPSA) is 71.4 Å². The molecular weight excluding hydrogens is 330 g/mol. The third-order valence-electron chi connectivity index (χ3n) is 5.79. The van der Waals surface area contributed by atoms with Crippen molar-refractivity contribution in [2.24, 2.45) is 5.41 Å². The second-order valence-corrected chi connectivity index (χ2v) is 7.69. The van der Waals surface area contributed by atoms with Crippen LogP contribution in [0, 0.1) is 5.41 Å². The molecular formula is C21H28NO4+. The second kappa shape index (κ2) is 7.54. The monoisotopic (exact) mass is 358 g/mol. The van der Waals surface area contributed by atoms with Crippen LogP contribution in [0.15, 0.2) is 43.0 Å². The number of Topliss-reactive ketones (excluding diaryl/α,β-unsaturated/α-hetero) is 1. The van der Waals surface area contributed by atoms with Crippen molar-refractivity contribution < 1.29 is 24.0 Å². The Kier molecular flexibility index (Phi) is 5.81. The molecule has 1 N–H and O–H groups in total. The van der Waals surface area contributed by atoms with Gasteiger partial charge >= 0.3 is 11.9 Å². The maximum Gasteiger partial charge on any atom is 0.383 e. The maximum absolute atomic E-state index is 13.3. The van der Waals surface area contributed by atoms with Crippen LogP contribution in [0.5, 0.6) is 0 Å². The minimum absolute atomic E-state index is 0.144. The van der Waals surface area contributed by atoms with Gasteiger partial charge in [-0.3, -0.25) is 4.79 Å². The first-order chi connectivity index (χ1) is 12.2. The van der Waals surface area contributed by atoms with E-state index in [4.69, 9.17) is 0 Å². The number of hydrogen-bond donors (Lipinski definition) is 1. The molecule has 5 heteroatoms. The molecule has 0 aliphatic carbocycles. The van der Waals surface area contributed by atoms with Crippen LogP contribution in [0.2, 0.25) is 0 Å². The third-order valence-corrected chi connectivity index (χ3v) is 5.79. The molecule has 0 aromatic heterocycles. The molecule has 1 aliphatic rings. The van der Waals surface area contributed by atoms with Gasteiger partial charge in [0.15, 0.2) is 0 Å². The van der Waals surface area contributed by atoms with Gasteiger partial charge in [-0.15, -0.1) is 0 Å². The number of benzene rings is 1. The highest BCUT2D eigenvalue weighted by atomic mass is 16.4. The number of ketones is 1. The van der Waals surface area contributed by atoms with E-state index < -0.39 is 29.1 Å². The van der Waals surface area contributed by atoms with Crippen molar-refractivity contribution in [1.29, 1.82) is 0 Å². The number of carbonyl (C=O) groups excluding carboxylic acids is 2. The van der Waals surface area contributed by atoms with Crippen LogP contribution in [0.4, 0.5) is 0 Å². The maximum atomic E-state index is 13.3. The highest BCUT2D eigenvalue weighted by Crippen LogP contribution is 2.41. The lowest BCUT2D eigenvalue weighted by atomic mass is 9.83. The van der Waals surface area contributed by atoms with Gasteiger partial charge in [0.1, 0.15) is 6.54 Å². The molecule has 0 radical (unpaired) electrons. The van der Waals surface area contributed by atoms with E-state index in [1.54, 1.807) is 19.9 Å². The Balaban J connectivity index is 2.52. The van der Waals surface area contributed by atoms with E-state index >= 15 is 0 Å². The lowest BCUT2D eigenvalue weighted by Gasteiger charge is -2.36. The van der Waals surface area contributed by atoms with E-state index in [-0.39, 0.29) is 16.9 Å². The number of aliphatic carboxylic acids is 1. The van der Waals surface area contributed by atoms with Gasteiger partial charge < -0.3 is 5.11 Å². The predicted octanol–water partition coefficient (Wildman–Crippen LogP) is 3.16. The number of quaternary nitrogens is 1. The summed E-state index contributed by atoms with van der Waals surface area (Å²) >= 11 is 0. The Morgan fingerprint density at radius 2 is 1.88 bits per heavy atom. The van der Waals surface area contributed by atoms with Gasteiger partial charge in [-0.1, -0.05) is 57.7 Å². The smallest absolute Gasteiger partial charge is 0.383 e. The van der Waals surface area contributed by atoms with Gasteiger partial charge in [0.05, 0.1) is 12.5 Å². The summed E-state index contributed by atoms with van der Waals surface area (Å²) in [6, 6.07) is 8.38. The van der Waals surface area contributed by atoms with Crippen LogP contribution in [0.3, 0.4) is 0 Å². The molecule has 1 heterocycles. The van der Waals surface area contributed by atoms with E-state index in [2.05, 4.69) is 6.58 Å². The zero-order chi connectivity index (χ0) is 19.5. The molecule has 2 rings (SSSR count). The molecule has 1 amide bonds. The SMILES string of the molecule is C=CC[N+]1(C(=O)C(=O)C(C)(C)CC)CCC(c2ccccc2)[C@H]1C(=O)O. The Labute approximate surface area is 154 Å². The normalized spacial score (nSPS) is 25.7. The Morgan fingerprint density at radius 1 is 1.27 bits per heavy atom. The van der Waals surface area contributed by atoms with Gasteiger partial charge in [0.25, 0.3) is 5.78 Å². The van der Waals surface area contributed by atoms with Crippen molar-refractivity contribution in [1.82, 2.24) is 0 Å². The number of likely N-dealkylation sites (tertiary alicyclic amines) is 1. The fraction of sp³-hybridized carbons (Fsp3) is 0.476. The molecule has 1 saturated heterocycles. The molecule has 140 valence electrons. The average molecular weight is 358 g/mol. The molecule has 2 unspecified atom stereocenters. The molecule has 26 heavy (non-hydrogen) atoms. The van der Waals surface area contributed by atoms with Crippen LogP contribution >= 0.6 is 0 Å². The third kappa shape index (κ3) is 3.36. The first-order valence-corrected chi connectivity index (χ1v) is 9.06. The van der Waals surface area contributed by atoms with Gasteiger partial charge in [-0.05, 0) is 18.1 Å². The fourth-order valence-electron chi connectivity index (χ4n) is 3.84. The summed E-state index contributed by atoms with van der Waals surface area (Å²) in [7, 11) is 0. The zero-order valence-electron chi connectivity index (χ0n) is 15.8. The molecule has 0 spiro atoms. The summed E-state index contributed by atoms with van der Waals surface area (Å²) in [5, 5.41) is 9.98. The highest BCUT2D eigenvalue weighted by molar-refractivity contribution is 6.35. The van der Waals surface area contributed by atoms with Gasteiger partial charge in [-0.25, -0.2) is 14.1 Å². The number of nitrogens with zero attached hydrogens (tertiary/aromatic N) is 1. The van der Waals surface area contributed by atoms with Crippen LogP contribution in [0.1, 0.15) is 45.1 Å². The molecule has 5 nitrogen and oxygen atoms in total. The number of amides is 1. The van der Waals surface area contributed by atoms with Crippen molar-refractivity contribution >= 4 is 17.7 Å². The first kappa shape index (κ1) is 20.0. The molecule has 1 fully saturated rings. The quantitative estimate of drug-likeness (QED) is 0.462. The Hall–Kier alpha value is -2.27. The summed E-state index contributed by atoms with van der Waals surface area (Å²) in [5.41, 5.74) is 0.0798. The number of rotatable bonds is 7. The highest BCUT2D eigenvalue weighted by Gasteiger charge is 2.59. The molecule has 3 atom stereocenters.